The summed E-state index contributed by atoms with van der Waals surface area (Å²) >= 11 is 0. The standard InChI is InChI=1S/C14H21N3O4/c1-10-3-5-14(9-18,6-4-10)15-13(19)12-7-11(17(20)21)8-16(12)2/h7-8,10,18H,3-6,9H2,1-2H3,(H,15,19). The van der Waals surface area contributed by atoms with Gasteiger partial charge in [0.15, 0.2) is 0 Å². The molecule has 1 aliphatic carbocycles. The van der Waals surface area contributed by atoms with E-state index in [9.17, 15) is 20.0 Å². The van der Waals surface area contributed by atoms with Gasteiger partial charge < -0.3 is 15.0 Å². The summed E-state index contributed by atoms with van der Waals surface area (Å²) in [5.41, 5.74) is -0.492. The number of hydrogen-bond acceptors (Lipinski definition) is 4. The lowest BCUT2D eigenvalue weighted by atomic mass is 9.77. The van der Waals surface area contributed by atoms with Crippen molar-refractivity contribution in [1.82, 2.24) is 9.88 Å². The van der Waals surface area contributed by atoms with Crippen LogP contribution in [0.1, 0.15) is 43.1 Å². The molecule has 7 heteroatoms. The molecule has 0 radical (unpaired) electrons. The Morgan fingerprint density at radius 2 is 2.19 bits per heavy atom. The first kappa shape index (κ1) is 15.5. The van der Waals surface area contributed by atoms with Crippen LogP contribution in [0.25, 0.3) is 0 Å². The highest BCUT2D eigenvalue weighted by molar-refractivity contribution is 5.94. The van der Waals surface area contributed by atoms with Crippen molar-refractivity contribution in [2.24, 2.45) is 13.0 Å². The van der Waals surface area contributed by atoms with Crippen molar-refractivity contribution in [2.75, 3.05) is 6.61 Å². The number of rotatable bonds is 4. The molecule has 0 aromatic carbocycles. The van der Waals surface area contributed by atoms with Gasteiger partial charge in [-0.2, -0.15) is 0 Å². The molecule has 1 fully saturated rings. The summed E-state index contributed by atoms with van der Waals surface area (Å²) in [6, 6.07) is 1.26. The zero-order valence-electron chi connectivity index (χ0n) is 12.3. The van der Waals surface area contributed by atoms with Crippen LogP contribution < -0.4 is 5.32 Å². The van der Waals surface area contributed by atoms with Crippen LogP contribution in [-0.4, -0.2) is 32.6 Å². The van der Waals surface area contributed by atoms with Gasteiger partial charge >= 0.3 is 0 Å². The third-order valence-electron chi connectivity index (χ3n) is 4.35. The maximum absolute atomic E-state index is 12.3. The number of amides is 1. The predicted octanol–water partition coefficient (Wildman–Crippen LogP) is 1.60. The number of carbonyl (C=O) groups excluding carboxylic acids is 1. The molecule has 1 amide bonds. The topological polar surface area (TPSA) is 97.4 Å². The van der Waals surface area contributed by atoms with Crippen molar-refractivity contribution < 1.29 is 14.8 Å². The number of aliphatic hydroxyl groups is 1. The first-order valence-corrected chi connectivity index (χ1v) is 7.11. The fraction of sp³-hybridized carbons (Fsp3) is 0.643. The van der Waals surface area contributed by atoms with Gasteiger partial charge in [-0.1, -0.05) is 6.92 Å². The van der Waals surface area contributed by atoms with Crippen LogP contribution in [0.5, 0.6) is 0 Å². The molecule has 21 heavy (non-hydrogen) atoms. The Morgan fingerprint density at radius 1 is 1.57 bits per heavy atom. The van der Waals surface area contributed by atoms with Crippen LogP contribution in [0.15, 0.2) is 12.3 Å². The van der Waals surface area contributed by atoms with E-state index in [1.54, 1.807) is 7.05 Å². The van der Waals surface area contributed by atoms with Crippen molar-refractivity contribution in [2.45, 2.75) is 38.1 Å². The van der Waals surface area contributed by atoms with Gasteiger partial charge in [0.05, 0.1) is 23.3 Å². The van der Waals surface area contributed by atoms with Gasteiger partial charge in [0.25, 0.3) is 11.6 Å². The molecule has 0 bridgehead atoms. The number of nitrogens with one attached hydrogen (secondary N) is 1. The van der Waals surface area contributed by atoms with Crippen molar-refractivity contribution in [1.29, 1.82) is 0 Å². The molecule has 1 aliphatic rings. The van der Waals surface area contributed by atoms with E-state index in [1.165, 1.54) is 16.8 Å². The average molecular weight is 295 g/mol. The van der Waals surface area contributed by atoms with Gasteiger partial charge in [0.2, 0.25) is 0 Å². The quantitative estimate of drug-likeness (QED) is 0.651. The Balaban J connectivity index is 2.15. The first-order valence-electron chi connectivity index (χ1n) is 7.11. The van der Waals surface area contributed by atoms with Crippen LogP contribution in [-0.2, 0) is 7.05 Å². The molecule has 1 aromatic heterocycles. The van der Waals surface area contributed by atoms with E-state index in [-0.39, 0.29) is 23.9 Å². The fourth-order valence-electron chi connectivity index (χ4n) is 2.81. The van der Waals surface area contributed by atoms with Gasteiger partial charge in [-0.15, -0.1) is 0 Å². The lowest BCUT2D eigenvalue weighted by molar-refractivity contribution is -0.384. The number of nitro groups is 1. The Hall–Kier alpha value is -1.89. The highest BCUT2D eigenvalue weighted by atomic mass is 16.6. The molecule has 0 spiro atoms. The molecule has 116 valence electrons. The normalized spacial score (nSPS) is 25.6. The maximum atomic E-state index is 12.3. The SMILES string of the molecule is CC1CCC(CO)(NC(=O)c2cc([N+](=O)[O-])cn2C)CC1. The smallest absolute Gasteiger partial charge is 0.287 e. The van der Waals surface area contributed by atoms with Crippen molar-refractivity contribution in [3.05, 3.63) is 28.1 Å². The predicted molar refractivity (Wildman–Crippen MR) is 77.0 cm³/mol. The van der Waals surface area contributed by atoms with Crippen molar-refractivity contribution in [3.8, 4) is 0 Å². The van der Waals surface area contributed by atoms with Crippen LogP contribution >= 0.6 is 0 Å². The minimum atomic E-state index is -0.608. The molecule has 2 rings (SSSR count). The largest absolute Gasteiger partial charge is 0.394 e. The Labute approximate surface area is 123 Å². The Bertz CT molecular complexity index is 544. The van der Waals surface area contributed by atoms with E-state index in [2.05, 4.69) is 12.2 Å². The minimum absolute atomic E-state index is 0.113. The molecule has 0 unspecified atom stereocenters. The minimum Gasteiger partial charge on any atom is -0.394 e. The zero-order valence-corrected chi connectivity index (χ0v) is 12.3. The van der Waals surface area contributed by atoms with Gasteiger partial charge in [-0.05, 0) is 31.6 Å². The number of hydrogen-bond donors (Lipinski definition) is 2. The molecule has 1 saturated carbocycles. The number of aryl methyl sites for hydroxylation is 1. The second kappa shape index (κ2) is 5.85. The van der Waals surface area contributed by atoms with Crippen molar-refractivity contribution >= 4 is 11.6 Å². The van der Waals surface area contributed by atoms with Gasteiger partial charge in [0, 0.05) is 13.1 Å². The summed E-state index contributed by atoms with van der Waals surface area (Å²) in [5, 5.41) is 23.3. The third kappa shape index (κ3) is 3.24. The van der Waals surface area contributed by atoms with E-state index >= 15 is 0 Å². The van der Waals surface area contributed by atoms with E-state index in [0.717, 1.165) is 25.7 Å². The number of carbonyl (C=O) groups is 1. The fourth-order valence-corrected chi connectivity index (χ4v) is 2.81. The molecule has 7 nitrogen and oxygen atoms in total. The molecule has 0 saturated heterocycles. The average Bonchev–Trinajstić information content (AvgIpc) is 2.84. The lowest BCUT2D eigenvalue weighted by Gasteiger charge is -2.38. The number of aliphatic hydroxyl groups excluding tert-OH is 1. The van der Waals surface area contributed by atoms with Crippen LogP contribution in [0, 0.1) is 16.0 Å². The Morgan fingerprint density at radius 3 is 2.67 bits per heavy atom. The molecule has 1 heterocycles. The molecular formula is C14H21N3O4. The van der Waals surface area contributed by atoms with Gasteiger partial charge in [-0.25, -0.2) is 0 Å². The zero-order chi connectivity index (χ0) is 15.6. The highest BCUT2D eigenvalue weighted by Gasteiger charge is 2.36. The molecule has 2 N–H and O–H groups in total. The molecule has 1 aromatic rings. The van der Waals surface area contributed by atoms with E-state index < -0.39 is 10.5 Å². The van der Waals surface area contributed by atoms with Crippen LogP contribution in [0.2, 0.25) is 0 Å². The summed E-state index contributed by atoms with van der Waals surface area (Å²) in [4.78, 5) is 22.6. The molecule has 0 aliphatic heterocycles. The maximum Gasteiger partial charge on any atom is 0.287 e. The summed E-state index contributed by atoms with van der Waals surface area (Å²) in [6.07, 6.45) is 4.66. The van der Waals surface area contributed by atoms with E-state index in [4.69, 9.17) is 0 Å². The number of aromatic nitrogens is 1. The van der Waals surface area contributed by atoms with E-state index in [0.29, 0.717) is 5.92 Å². The van der Waals surface area contributed by atoms with Gasteiger partial charge in [-0.3, -0.25) is 14.9 Å². The van der Waals surface area contributed by atoms with Crippen LogP contribution in [0.4, 0.5) is 5.69 Å². The highest BCUT2D eigenvalue weighted by Crippen LogP contribution is 2.32. The third-order valence-corrected chi connectivity index (χ3v) is 4.35. The molecule has 0 atom stereocenters. The summed E-state index contributed by atoms with van der Waals surface area (Å²) < 4.78 is 1.43. The summed E-state index contributed by atoms with van der Waals surface area (Å²) in [6.45, 7) is 2.04. The number of nitrogens with zero attached hydrogens (tertiary/aromatic N) is 2. The van der Waals surface area contributed by atoms with Crippen molar-refractivity contribution in [3.63, 3.8) is 0 Å². The Kier molecular flexibility index (Phi) is 4.32. The summed E-state index contributed by atoms with van der Waals surface area (Å²) in [7, 11) is 1.59. The first-order chi connectivity index (χ1) is 9.87. The molecular weight excluding hydrogens is 274 g/mol. The monoisotopic (exact) mass is 295 g/mol. The van der Waals surface area contributed by atoms with Crippen LogP contribution in [0.3, 0.4) is 0 Å². The lowest BCUT2D eigenvalue weighted by Crippen LogP contribution is -2.53. The van der Waals surface area contributed by atoms with E-state index in [1.807, 2.05) is 0 Å². The summed E-state index contributed by atoms with van der Waals surface area (Å²) in [5.74, 6) is 0.215. The van der Waals surface area contributed by atoms with Gasteiger partial charge in [0.1, 0.15) is 5.69 Å². The second-order valence-electron chi connectivity index (χ2n) is 6.03. The second-order valence-corrected chi connectivity index (χ2v) is 6.03.